The number of benzene rings is 1. The Kier molecular flexibility index (Phi) is 6.00. The fourth-order valence-corrected chi connectivity index (χ4v) is 1.61. The molecule has 0 saturated carbocycles. The van der Waals surface area contributed by atoms with Crippen LogP contribution in [0.2, 0.25) is 5.02 Å². The second kappa shape index (κ2) is 7.51. The first-order valence-corrected chi connectivity index (χ1v) is 6.54. The number of carbonyl (C=O) groups excluding carboxylic acids is 3. The predicted molar refractivity (Wildman–Crippen MR) is 79.9 cm³/mol. The van der Waals surface area contributed by atoms with Crippen LogP contribution in [0.1, 0.15) is 17.3 Å². The van der Waals surface area contributed by atoms with Gasteiger partial charge in [-0.3, -0.25) is 10.1 Å². The summed E-state index contributed by atoms with van der Waals surface area (Å²) in [5.41, 5.74) is 5.86. The van der Waals surface area contributed by atoms with Crippen LogP contribution >= 0.6 is 11.6 Å². The first kappa shape index (κ1) is 17.6. The molecule has 0 heterocycles. The van der Waals surface area contributed by atoms with E-state index in [4.69, 9.17) is 26.8 Å². The Morgan fingerprint density at radius 1 is 1.32 bits per heavy atom. The zero-order valence-electron chi connectivity index (χ0n) is 12.2. The van der Waals surface area contributed by atoms with Crippen molar-refractivity contribution >= 4 is 35.2 Å². The van der Waals surface area contributed by atoms with E-state index in [1.807, 2.05) is 5.32 Å². The number of ether oxygens (including phenoxy) is 2. The molecule has 0 aliphatic rings. The molecular formula is C13H16ClN3O5. The molecule has 8 nitrogen and oxygen atoms in total. The molecule has 0 unspecified atom stereocenters. The van der Waals surface area contributed by atoms with Crippen LogP contribution in [0, 0.1) is 0 Å². The van der Waals surface area contributed by atoms with Gasteiger partial charge in [0, 0.05) is 13.1 Å². The van der Waals surface area contributed by atoms with Crippen LogP contribution in [0.4, 0.5) is 10.5 Å². The number of nitrogen functional groups attached to an aromatic ring is 1. The van der Waals surface area contributed by atoms with E-state index in [1.54, 1.807) is 0 Å². The highest BCUT2D eigenvalue weighted by Crippen LogP contribution is 2.29. The average molecular weight is 330 g/mol. The molecule has 0 aromatic heterocycles. The monoisotopic (exact) mass is 329 g/mol. The Morgan fingerprint density at radius 3 is 2.50 bits per heavy atom. The van der Waals surface area contributed by atoms with Gasteiger partial charge in [-0.25, -0.2) is 9.59 Å². The Labute approximate surface area is 131 Å². The molecule has 0 saturated heterocycles. The van der Waals surface area contributed by atoms with Crippen LogP contribution in [0.15, 0.2) is 12.1 Å². The van der Waals surface area contributed by atoms with Gasteiger partial charge in [0.05, 0.1) is 17.8 Å². The summed E-state index contributed by atoms with van der Waals surface area (Å²) in [5.74, 6) is -1.45. The molecule has 0 spiro atoms. The van der Waals surface area contributed by atoms with Crippen molar-refractivity contribution < 1.29 is 23.9 Å². The number of amides is 3. The zero-order chi connectivity index (χ0) is 16.9. The lowest BCUT2D eigenvalue weighted by Gasteiger charge is -2.14. The fourth-order valence-electron chi connectivity index (χ4n) is 1.45. The summed E-state index contributed by atoms with van der Waals surface area (Å²) in [6, 6.07) is 1.94. The molecule has 3 amide bonds. The van der Waals surface area contributed by atoms with Gasteiger partial charge < -0.3 is 20.5 Å². The van der Waals surface area contributed by atoms with Crippen LogP contribution in [-0.4, -0.2) is 38.2 Å². The van der Waals surface area contributed by atoms with Crippen molar-refractivity contribution in [1.82, 2.24) is 10.6 Å². The molecule has 1 aromatic carbocycles. The Hall–Kier alpha value is -2.48. The highest BCUT2D eigenvalue weighted by Gasteiger charge is 2.23. The third kappa shape index (κ3) is 4.26. The number of anilines is 1. The number of esters is 1. The number of carbonyl (C=O) groups is 3. The van der Waals surface area contributed by atoms with Crippen LogP contribution in [0.5, 0.6) is 5.75 Å². The first-order chi connectivity index (χ1) is 10.3. The Bertz CT molecular complexity index is 606. The largest absolute Gasteiger partial charge is 0.496 e. The highest BCUT2D eigenvalue weighted by molar-refractivity contribution is 6.33. The second-order valence-corrected chi connectivity index (χ2v) is 4.60. The molecule has 0 aliphatic heterocycles. The molecule has 9 heteroatoms. The van der Waals surface area contributed by atoms with Gasteiger partial charge >= 0.3 is 12.0 Å². The number of nitrogens with two attached hydrogens (primary N) is 1. The molecule has 0 bridgehead atoms. The fraction of sp³-hybridized carbons (Fsp3) is 0.308. The quantitative estimate of drug-likeness (QED) is 0.558. The normalized spacial score (nSPS) is 11.3. The maximum Gasteiger partial charge on any atom is 0.342 e. The van der Waals surface area contributed by atoms with Gasteiger partial charge in [-0.1, -0.05) is 11.6 Å². The molecular weight excluding hydrogens is 314 g/mol. The maximum atomic E-state index is 12.1. The third-order valence-corrected chi connectivity index (χ3v) is 2.98. The smallest absolute Gasteiger partial charge is 0.342 e. The van der Waals surface area contributed by atoms with Crippen molar-refractivity contribution in [1.29, 1.82) is 0 Å². The highest BCUT2D eigenvalue weighted by atomic mass is 35.5. The summed E-state index contributed by atoms with van der Waals surface area (Å²) < 4.78 is 9.99. The zero-order valence-corrected chi connectivity index (χ0v) is 13.0. The lowest BCUT2D eigenvalue weighted by Crippen LogP contribution is -2.43. The Morgan fingerprint density at radius 2 is 1.95 bits per heavy atom. The molecule has 120 valence electrons. The summed E-state index contributed by atoms with van der Waals surface area (Å²) >= 11 is 5.85. The van der Waals surface area contributed by atoms with E-state index in [1.165, 1.54) is 33.2 Å². The average Bonchev–Trinajstić information content (AvgIpc) is 2.48. The maximum absolute atomic E-state index is 12.1. The molecule has 0 aliphatic carbocycles. The van der Waals surface area contributed by atoms with Crippen molar-refractivity contribution in [3.8, 4) is 5.75 Å². The van der Waals surface area contributed by atoms with Crippen molar-refractivity contribution in [3.63, 3.8) is 0 Å². The number of hydrogen-bond donors (Lipinski definition) is 3. The molecule has 0 fully saturated rings. The number of halogens is 1. The van der Waals surface area contributed by atoms with Crippen molar-refractivity contribution in [2.75, 3.05) is 19.9 Å². The number of nitrogens with one attached hydrogen (secondary N) is 2. The first-order valence-electron chi connectivity index (χ1n) is 6.16. The van der Waals surface area contributed by atoms with E-state index in [0.29, 0.717) is 0 Å². The second-order valence-electron chi connectivity index (χ2n) is 4.19. The Balaban J connectivity index is 2.87. The third-order valence-electron chi connectivity index (χ3n) is 2.66. The molecule has 1 rings (SSSR count). The minimum absolute atomic E-state index is 0.0151. The molecule has 4 N–H and O–H groups in total. The van der Waals surface area contributed by atoms with Gasteiger partial charge in [-0.15, -0.1) is 0 Å². The van der Waals surface area contributed by atoms with Crippen LogP contribution in [0.25, 0.3) is 0 Å². The number of urea groups is 1. The lowest BCUT2D eigenvalue weighted by molar-refractivity contribution is -0.127. The molecule has 0 radical (unpaired) electrons. The van der Waals surface area contributed by atoms with Gasteiger partial charge in [0.2, 0.25) is 0 Å². The van der Waals surface area contributed by atoms with E-state index in [0.717, 1.165) is 0 Å². The topological polar surface area (TPSA) is 120 Å². The summed E-state index contributed by atoms with van der Waals surface area (Å²) in [7, 11) is 2.70. The molecule has 22 heavy (non-hydrogen) atoms. The standard InChI is InChI=1S/C13H16ClN3O5/c1-6(11(18)17-13(20)16-2)22-12(19)7-4-8(14)9(15)5-10(7)21-3/h4-6H,15H2,1-3H3,(H2,16,17,18,20)/t6-/m1/s1. The predicted octanol–water partition coefficient (Wildman–Crippen LogP) is 0.932. The van der Waals surface area contributed by atoms with Gasteiger partial charge in [0.15, 0.2) is 6.10 Å². The minimum atomic E-state index is -1.19. The van der Waals surface area contributed by atoms with E-state index < -0.39 is 24.0 Å². The number of hydrogen-bond acceptors (Lipinski definition) is 6. The van der Waals surface area contributed by atoms with Gasteiger partial charge in [-0.2, -0.15) is 0 Å². The van der Waals surface area contributed by atoms with Gasteiger partial charge in [0.25, 0.3) is 5.91 Å². The van der Waals surface area contributed by atoms with E-state index in [9.17, 15) is 14.4 Å². The van der Waals surface area contributed by atoms with E-state index in [2.05, 4.69) is 5.32 Å². The number of methoxy groups -OCH3 is 1. The molecule has 1 aromatic rings. The summed E-state index contributed by atoms with van der Waals surface area (Å²) in [4.78, 5) is 34.7. The number of imide groups is 1. The van der Waals surface area contributed by atoms with Crippen molar-refractivity contribution in [2.45, 2.75) is 13.0 Å². The summed E-state index contributed by atoms with van der Waals surface area (Å²) in [6.45, 7) is 1.32. The van der Waals surface area contributed by atoms with Gasteiger partial charge in [0.1, 0.15) is 11.3 Å². The van der Waals surface area contributed by atoms with Crippen LogP contribution in [0.3, 0.4) is 0 Å². The van der Waals surface area contributed by atoms with E-state index in [-0.39, 0.29) is 22.0 Å². The van der Waals surface area contributed by atoms with Crippen molar-refractivity contribution in [3.05, 3.63) is 22.7 Å². The molecule has 1 atom stereocenters. The minimum Gasteiger partial charge on any atom is -0.496 e. The van der Waals surface area contributed by atoms with Crippen LogP contribution < -0.4 is 21.1 Å². The SMILES string of the molecule is CNC(=O)NC(=O)[C@@H](C)OC(=O)c1cc(Cl)c(N)cc1OC. The summed E-state index contributed by atoms with van der Waals surface area (Å²) in [5, 5.41) is 4.35. The number of rotatable bonds is 4. The van der Waals surface area contributed by atoms with Crippen LogP contribution in [-0.2, 0) is 9.53 Å². The van der Waals surface area contributed by atoms with Crippen molar-refractivity contribution in [2.24, 2.45) is 0 Å². The lowest BCUT2D eigenvalue weighted by atomic mass is 10.2. The van der Waals surface area contributed by atoms with Gasteiger partial charge in [-0.05, 0) is 13.0 Å². The summed E-state index contributed by atoms with van der Waals surface area (Å²) in [6.07, 6.45) is -1.19. The van der Waals surface area contributed by atoms with E-state index >= 15 is 0 Å².